The number of piperidine rings is 1. The van der Waals surface area contributed by atoms with E-state index in [9.17, 15) is 0 Å². The quantitative estimate of drug-likeness (QED) is 0.371. The maximum atomic E-state index is 5.32. The molecule has 2 N–H and O–H groups in total. The molecule has 2 aromatic rings. The van der Waals surface area contributed by atoms with Crippen molar-refractivity contribution in [2.75, 3.05) is 40.3 Å². The Bertz CT molecular complexity index is 783. The predicted molar refractivity (Wildman–Crippen MR) is 118 cm³/mol. The minimum absolute atomic E-state index is 0.302. The monoisotopic (exact) mass is 414 g/mol. The lowest BCUT2D eigenvalue weighted by molar-refractivity contribution is 0.164. The highest BCUT2D eigenvalue weighted by Crippen LogP contribution is 2.25. The van der Waals surface area contributed by atoms with Crippen LogP contribution in [0.15, 0.2) is 33.8 Å². The summed E-state index contributed by atoms with van der Waals surface area (Å²) in [5.41, 5.74) is 1.30. The maximum Gasteiger partial charge on any atom is 0.226 e. The van der Waals surface area contributed by atoms with E-state index in [2.05, 4.69) is 42.8 Å². The Morgan fingerprint density at radius 3 is 2.60 bits per heavy atom. The number of ether oxygens (including phenoxy) is 1. The van der Waals surface area contributed by atoms with Gasteiger partial charge in [-0.3, -0.25) is 9.89 Å². The Hall–Kier alpha value is -2.61. The van der Waals surface area contributed by atoms with Crippen LogP contribution in [0.1, 0.15) is 49.0 Å². The molecule has 8 heteroatoms. The van der Waals surface area contributed by atoms with Gasteiger partial charge in [-0.1, -0.05) is 23.7 Å². The zero-order chi connectivity index (χ0) is 21.2. The third kappa shape index (κ3) is 6.45. The molecule has 1 aliphatic heterocycles. The number of hydrogen-bond donors (Lipinski definition) is 2. The third-order valence-electron chi connectivity index (χ3n) is 5.45. The van der Waals surface area contributed by atoms with Gasteiger partial charge in [0.05, 0.1) is 13.2 Å². The Kier molecular flexibility index (Phi) is 8.50. The van der Waals surface area contributed by atoms with Gasteiger partial charge in [-0.25, -0.2) is 0 Å². The lowest BCUT2D eigenvalue weighted by Crippen LogP contribution is -2.44. The van der Waals surface area contributed by atoms with Crippen LogP contribution in [0.25, 0.3) is 0 Å². The molecule has 0 amide bonds. The molecular formula is C22H34N6O2. The number of benzene rings is 1. The number of methoxy groups -OCH3 is 1. The van der Waals surface area contributed by atoms with Gasteiger partial charge in [-0.2, -0.15) is 4.98 Å². The first kappa shape index (κ1) is 22.1. The largest absolute Gasteiger partial charge is 0.497 e. The lowest BCUT2D eigenvalue weighted by atomic mass is 10.0. The van der Waals surface area contributed by atoms with Crippen molar-refractivity contribution in [1.82, 2.24) is 25.7 Å². The summed E-state index contributed by atoms with van der Waals surface area (Å²) in [5.74, 6) is 3.06. The maximum absolute atomic E-state index is 5.32. The fourth-order valence-corrected chi connectivity index (χ4v) is 3.82. The van der Waals surface area contributed by atoms with Crippen molar-refractivity contribution in [3.8, 4) is 5.75 Å². The molecule has 8 nitrogen and oxygen atoms in total. The van der Waals surface area contributed by atoms with Crippen molar-refractivity contribution < 1.29 is 9.26 Å². The van der Waals surface area contributed by atoms with Crippen LogP contribution in [0.4, 0.5) is 0 Å². The molecule has 1 aliphatic rings. The highest BCUT2D eigenvalue weighted by Gasteiger charge is 2.22. The number of hydrogen-bond acceptors (Lipinski definition) is 6. The van der Waals surface area contributed by atoms with Crippen LogP contribution >= 0.6 is 0 Å². The second kappa shape index (κ2) is 11.5. The van der Waals surface area contributed by atoms with E-state index in [1.54, 1.807) is 14.2 Å². The molecule has 30 heavy (non-hydrogen) atoms. The third-order valence-corrected chi connectivity index (χ3v) is 5.45. The van der Waals surface area contributed by atoms with Crippen molar-refractivity contribution in [1.29, 1.82) is 0 Å². The molecule has 164 valence electrons. The van der Waals surface area contributed by atoms with Crippen molar-refractivity contribution >= 4 is 5.96 Å². The second-order valence-electron chi connectivity index (χ2n) is 7.60. The van der Waals surface area contributed by atoms with E-state index >= 15 is 0 Å². The van der Waals surface area contributed by atoms with Crippen LogP contribution in [0, 0.1) is 6.92 Å². The van der Waals surface area contributed by atoms with Crippen LogP contribution in [0.5, 0.6) is 5.75 Å². The summed E-state index contributed by atoms with van der Waals surface area (Å²) in [5, 5.41) is 10.7. The van der Waals surface area contributed by atoms with Gasteiger partial charge in [0, 0.05) is 26.6 Å². The Morgan fingerprint density at radius 2 is 1.97 bits per heavy atom. The number of nitrogens with zero attached hydrogens (tertiary/aromatic N) is 4. The van der Waals surface area contributed by atoms with E-state index in [-0.39, 0.29) is 0 Å². The number of aliphatic imine (C=N–C) groups is 1. The number of rotatable bonds is 9. The molecule has 0 spiro atoms. The number of nitrogens with one attached hydrogen (secondary N) is 2. The lowest BCUT2D eigenvalue weighted by Gasteiger charge is -2.35. The standard InChI is InChI=1S/C22H34N6O2/c1-17-26-21(30-27-17)8-7-13-24-22(23-2)25-16-20(28-14-5-4-6-15-28)18-9-11-19(29-3)12-10-18/h9-12,20H,4-8,13-16H2,1-3H3,(H2,23,24,25). The number of aryl methyl sites for hydroxylation is 2. The summed E-state index contributed by atoms with van der Waals surface area (Å²) >= 11 is 0. The summed E-state index contributed by atoms with van der Waals surface area (Å²) < 4.78 is 10.5. The molecular weight excluding hydrogens is 380 g/mol. The summed E-state index contributed by atoms with van der Waals surface area (Å²) in [6.07, 6.45) is 5.50. The van der Waals surface area contributed by atoms with E-state index in [0.29, 0.717) is 17.8 Å². The van der Waals surface area contributed by atoms with E-state index in [1.807, 2.05) is 19.1 Å². The first-order valence-electron chi connectivity index (χ1n) is 10.8. The molecule has 1 unspecified atom stereocenters. The summed E-state index contributed by atoms with van der Waals surface area (Å²) in [6, 6.07) is 8.72. The zero-order valence-electron chi connectivity index (χ0n) is 18.4. The number of aromatic nitrogens is 2. The Morgan fingerprint density at radius 1 is 1.20 bits per heavy atom. The normalized spacial score (nSPS) is 16.3. The predicted octanol–water partition coefficient (Wildman–Crippen LogP) is 2.71. The highest BCUT2D eigenvalue weighted by molar-refractivity contribution is 5.79. The fraction of sp³-hybridized carbons (Fsp3) is 0.591. The van der Waals surface area contributed by atoms with Crippen LogP contribution in [-0.2, 0) is 6.42 Å². The smallest absolute Gasteiger partial charge is 0.226 e. The summed E-state index contributed by atoms with van der Waals surface area (Å²) in [7, 11) is 3.51. The number of likely N-dealkylation sites (tertiary alicyclic amines) is 1. The van der Waals surface area contributed by atoms with E-state index in [1.165, 1.54) is 24.8 Å². The molecule has 0 radical (unpaired) electrons. The van der Waals surface area contributed by atoms with Crippen LogP contribution in [0.2, 0.25) is 0 Å². The minimum Gasteiger partial charge on any atom is -0.497 e. The van der Waals surface area contributed by atoms with Gasteiger partial charge in [0.1, 0.15) is 5.75 Å². The van der Waals surface area contributed by atoms with Crippen LogP contribution in [0.3, 0.4) is 0 Å². The molecule has 0 aliphatic carbocycles. The summed E-state index contributed by atoms with van der Waals surface area (Å²) in [4.78, 5) is 11.2. The van der Waals surface area contributed by atoms with Crippen LogP contribution in [-0.4, -0.2) is 61.3 Å². The van der Waals surface area contributed by atoms with E-state index < -0.39 is 0 Å². The molecule has 1 aromatic heterocycles. The average molecular weight is 415 g/mol. The van der Waals surface area contributed by atoms with Gasteiger partial charge in [-0.05, 0) is 57.0 Å². The molecule has 3 rings (SSSR count). The van der Waals surface area contributed by atoms with Crippen LogP contribution < -0.4 is 15.4 Å². The van der Waals surface area contributed by atoms with E-state index in [0.717, 1.165) is 50.7 Å². The fourth-order valence-electron chi connectivity index (χ4n) is 3.82. The SMILES string of the molecule is CN=C(NCCCc1nc(C)no1)NCC(c1ccc(OC)cc1)N1CCCCC1. The molecule has 0 saturated carbocycles. The summed E-state index contributed by atoms with van der Waals surface area (Å²) in [6.45, 7) is 5.69. The van der Waals surface area contributed by atoms with Gasteiger partial charge in [0.15, 0.2) is 11.8 Å². The zero-order valence-corrected chi connectivity index (χ0v) is 18.4. The van der Waals surface area contributed by atoms with Crippen molar-refractivity contribution in [3.05, 3.63) is 41.5 Å². The molecule has 1 aromatic carbocycles. The topological polar surface area (TPSA) is 87.8 Å². The van der Waals surface area contributed by atoms with Gasteiger partial charge in [0.25, 0.3) is 0 Å². The van der Waals surface area contributed by atoms with Gasteiger partial charge < -0.3 is 19.9 Å². The van der Waals surface area contributed by atoms with Crippen molar-refractivity contribution in [3.63, 3.8) is 0 Å². The van der Waals surface area contributed by atoms with E-state index in [4.69, 9.17) is 9.26 Å². The molecule has 1 saturated heterocycles. The van der Waals surface area contributed by atoms with Crippen molar-refractivity contribution in [2.45, 2.75) is 45.1 Å². The number of guanidine groups is 1. The molecule has 0 bridgehead atoms. The van der Waals surface area contributed by atoms with Gasteiger partial charge >= 0.3 is 0 Å². The minimum atomic E-state index is 0.302. The molecule has 2 heterocycles. The first-order chi connectivity index (χ1) is 14.7. The Balaban J connectivity index is 1.53. The highest BCUT2D eigenvalue weighted by atomic mass is 16.5. The van der Waals surface area contributed by atoms with Gasteiger partial charge in [-0.15, -0.1) is 0 Å². The second-order valence-corrected chi connectivity index (χ2v) is 7.60. The first-order valence-corrected chi connectivity index (χ1v) is 10.8. The Labute approximate surface area is 179 Å². The molecule has 1 atom stereocenters. The average Bonchev–Trinajstić information content (AvgIpc) is 3.21. The van der Waals surface area contributed by atoms with Crippen molar-refractivity contribution in [2.24, 2.45) is 4.99 Å². The van der Waals surface area contributed by atoms with Gasteiger partial charge in [0.2, 0.25) is 5.89 Å². The molecule has 1 fully saturated rings.